The molecule has 0 aromatic heterocycles. The summed E-state index contributed by atoms with van der Waals surface area (Å²) in [4.78, 5) is 13.7. The molecule has 114 valence electrons. The SMILES string of the molecule is CC(=O)Oc1cccc([C@H](CC2CC2)N2CCNCC2)c1. The van der Waals surface area contributed by atoms with Crippen molar-refractivity contribution >= 4 is 5.97 Å². The monoisotopic (exact) mass is 288 g/mol. The molecule has 0 amide bonds. The van der Waals surface area contributed by atoms with Crippen LogP contribution in [-0.4, -0.2) is 37.0 Å². The fourth-order valence-corrected chi connectivity index (χ4v) is 3.11. The zero-order valence-electron chi connectivity index (χ0n) is 12.7. The van der Waals surface area contributed by atoms with E-state index < -0.39 is 0 Å². The van der Waals surface area contributed by atoms with E-state index >= 15 is 0 Å². The number of nitrogens with one attached hydrogen (secondary N) is 1. The summed E-state index contributed by atoms with van der Waals surface area (Å²) in [5.74, 6) is 1.28. The van der Waals surface area contributed by atoms with Gasteiger partial charge < -0.3 is 10.1 Å². The van der Waals surface area contributed by atoms with Gasteiger partial charge in [-0.25, -0.2) is 0 Å². The minimum Gasteiger partial charge on any atom is -0.427 e. The molecule has 1 saturated carbocycles. The fourth-order valence-electron chi connectivity index (χ4n) is 3.11. The topological polar surface area (TPSA) is 41.6 Å². The third-order valence-electron chi connectivity index (χ3n) is 4.35. The van der Waals surface area contributed by atoms with Crippen LogP contribution in [0.15, 0.2) is 24.3 Å². The van der Waals surface area contributed by atoms with Crippen LogP contribution >= 0.6 is 0 Å². The molecule has 0 unspecified atom stereocenters. The Morgan fingerprint density at radius 3 is 2.81 bits per heavy atom. The average Bonchev–Trinajstić information content (AvgIpc) is 3.29. The summed E-state index contributed by atoms with van der Waals surface area (Å²) in [6.07, 6.45) is 3.96. The smallest absolute Gasteiger partial charge is 0.308 e. The van der Waals surface area contributed by atoms with E-state index in [1.165, 1.54) is 31.7 Å². The third kappa shape index (κ3) is 4.05. The van der Waals surface area contributed by atoms with Gasteiger partial charge in [0, 0.05) is 39.1 Å². The van der Waals surface area contributed by atoms with E-state index in [4.69, 9.17) is 4.74 Å². The van der Waals surface area contributed by atoms with Crippen molar-refractivity contribution in [3.63, 3.8) is 0 Å². The van der Waals surface area contributed by atoms with E-state index in [0.29, 0.717) is 11.8 Å². The van der Waals surface area contributed by atoms with Crippen molar-refractivity contribution in [2.75, 3.05) is 26.2 Å². The van der Waals surface area contributed by atoms with Gasteiger partial charge in [-0.05, 0) is 30.0 Å². The number of piperazine rings is 1. The van der Waals surface area contributed by atoms with Gasteiger partial charge in [-0.1, -0.05) is 25.0 Å². The molecule has 1 atom stereocenters. The predicted octanol–water partition coefficient (Wildman–Crippen LogP) is 2.36. The Bertz CT molecular complexity index is 493. The average molecular weight is 288 g/mol. The number of hydrogen-bond acceptors (Lipinski definition) is 4. The molecule has 2 aliphatic rings. The first-order chi connectivity index (χ1) is 10.2. The standard InChI is InChI=1S/C17H24N2O2/c1-13(20)21-16-4-2-3-15(12-16)17(11-14-5-6-14)19-9-7-18-8-10-19/h2-4,12,14,17-18H,5-11H2,1H3/t17-/m0/s1. The van der Waals surface area contributed by atoms with E-state index in [9.17, 15) is 4.79 Å². The van der Waals surface area contributed by atoms with Crippen LogP contribution in [0.2, 0.25) is 0 Å². The highest BCUT2D eigenvalue weighted by Crippen LogP contribution is 2.40. The van der Waals surface area contributed by atoms with Crippen molar-refractivity contribution < 1.29 is 9.53 Å². The van der Waals surface area contributed by atoms with Gasteiger partial charge in [0.1, 0.15) is 5.75 Å². The summed E-state index contributed by atoms with van der Waals surface area (Å²) in [7, 11) is 0. The largest absolute Gasteiger partial charge is 0.427 e. The number of nitrogens with zero attached hydrogens (tertiary/aromatic N) is 1. The molecular weight excluding hydrogens is 264 g/mol. The molecule has 2 fully saturated rings. The molecule has 1 aliphatic carbocycles. The fraction of sp³-hybridized carbons (Fsp3) is 0.588. The summed E-state index contributed by atoms with van der Waals surface area (Å²) in [6, 6.07) is 8.51. The molecule has 0 radical (unpaired) electrons. The number of ether oxygens (including phenoxy) is 1. The van der Waals surface area contributed by atoms with Crippen LogP contribution in [0.3, 0.4) is 0 Å². The molecule has 21 heavy (non-hydrogen) atoms. The second-order valence-electron chi connectivity index (χ2n) is 6.15. The van der Waals surface area contributed by atoms with Crippen molar-refractivity contribution in [1.82, 2.24) is 10.2 Å². The van der Waals surface area contributed by atoms with Crippen LogP contribution in [0.25, 0.3) is 0 Å². The molecular formula is C17H24N2O2. The summed E-state index contributed by atoms with van der Waals surface area (Å²) >= 11 is 0. The zero-order valence-corrected chi connectivity index (χ0v) is 12.7. The maximum Gasteiger partial charge on any atom is 0.308 e. The first-order valence-corrected chi connectivity index (χ1v) is 7.95. The summed E-state index contributed by atoms with van der Waals surface area (Å²) in [5.41, 5.74) is 1.28. The molecule has 1 heterocycles. The summed E-state index contributed by atoms with van der Waals surface area (Å²) in [6.45, 7) is 5.75. The highest BCUT2D eigenvalue weighted by molar-refractivity contribution is 5.69. The van der Waals surface area contributed by atoms with Crippen molar-refractivity contribution in [1.29, 1.82) is 0 Å². The minimum atomic E-state index is -0.256. The first-order valence-electron chi connectivity index (χ1n) is 7.95. The lowest BCUT2D eigenvalue weighted by molar-refractivity contribution is -0.131. The van der Waals surface area contributed by atoms with Gasteiger partial charge in [0.05, 0.1) is 0 Å². The Labute approximate surface area is 126 Å². The van der Waals surface area contributed by atoms with Gasteiger partial charge >= 0.3 is 5.97 Å². The molecule has 0 bridgehead atoms. The maximum absolute atomic E-state index is 11.1. The Kier molecular flexibility index (Phi) is 4.56. The Morgan fingerprint density at radius 1 is 1.38 bits per heavy atom. The van der Waals surface area contributed by atoms with Gasteiger partial charge in [0.25, 0.3) is 0 Å². The van der Waals surface area contributed by atoms with E-state index in [1.54, 1.807) is 0 Å². The van der Waals surface area contributed by atoms with Gasteiger partial charge in [-0.3, -0.25) is 9.69 Å². The van der Waals surface area contributed by atoms with E-state index in [0.717, 1.165) is 32.1 Å². The lowest BCUT2D eigenvalue weighted by Crippen LogP contribution is -2.45. The highest BCUT2D eigenvalue weighted by atomic mass is 16.5. The number of rotatable bonds is 5. The lowest BCUT2D eigenvalue weighted by atomic mass is 9.98. The van der Waals surface area contributed by atoms with Crippen LogP contribution in [0.1, 0.15) is 37.8 Å². The molecule has 0 spiro atoms. The van der Waals surface area contributed by atoms with Gasteiger partial charge in [0.2, 0.25) is 0 Å². The molecule has 1 saturated heterocycles. The van der Waals surface area contributed by atoms with Crippen LogP contribution in [0.5, 0.6) is 5.75 Å². The molecule has 3 rings (SSSR count). The lowest BCUT2D eigenvalue weighted by Gasteiger charge is -2.35. The molecule has 1 N–H and O–H groups in total. The van der Waals surface area contributed by atoms with Crippen LogP contribution in [0, 0.1) is 5.92 Å². The number of esters is 1. The van der Waals surface area contributed by atoms with E-state index in [-0.39, 0.29) is 5.97 Å². The molecule has 4 heteroatoms. The molecule has 1 aliphatic heterocycles. The first kappa shape index (κ1) is 14.5. The van der Waals surface area contributed by atoms with Crippen molar-refractivity contribution in [2.45, 2.75) is 32.2 Å². The third-order valence-corrected chi connectivity index (χ3v) is 4.35. The highest BCUT2D eigenvalue weighted by Gasteiger charge is 2.30. The number of carbonyl (C=O) groups is 1. The maximum atomic E-state index is 11.1. The van der Waals surface area contributed by atoms with Gasteiger partial charge in [-0.15, -0.1) is 0 Å². The molecule has 1 aromatic rings. The van der Waals surface area contributed by atoms with Crippen molar-refractivity contribution in [3.8, 4) is 5.75 Å². The Balaban J connectivity index is 1.78. The number of hydrogen-bond donors (Lipinski definition) is 1. The van der Waals surface area contributed by atoms with Gasteiger partial charge in [0.15, 0.2) is 0 Å². The van der Waals surface area contributed by atoms with Crippen LogP contribution < -0.4 is 10.1 Å². The van der Waals surface area contributed by atoms with Crippen LogP contribution in [0.4, 0.5) is 0 Å². The number of carbonyl (C=O) groups excluding carboxylic acids is 1. The minimum absolute atomic E-state index is 0.256. The number of benzene rings is 1. The van der Waals surface area contributed by atoms with E-state index in [1.807, 2.05) is 18.2 Å². The summed E-state index contributed by atoms with van der Waals surface area (Å²) < 4.78 is 5.24. The Hall–Kier alpha value is -1.39. The Morgan fingerprint density at radius 2 is 2.14 bits per heavy atom. The van der Waals surface area contributed by atoms with Crippen molar-refractivity contribution in [3.05, 3.63) is 29.8 Å². The molecule has 4 nitrogen and oxygen atoms in total. The second-order valence-corrected chi connectivity index (χ2v) is 6.15. The normalized spacial score (nSPS) is 21.0. The predicted molar refractivity (Wildman–Crippen MR) is 82.3 cm³/mol. The quantitative estimate of drug-likeness (QED) is 0.667. The molecule has 1 aromatic carbocycles. The zero-order chi connectivity index (χ0) is 14.7. The summed E-state index contributed by atoms with van der Waals surface area (Å²) in [5, 5.41) is 3.42. The van der Waals surface area contributed by atoms with Crippen molar-refractivity contribution in [2.24, 2.45) is 5.92 Å². The van der Waals surface area contributed by atoms with Gasteiger partial charge in [-0.2, -0.15) is 0 Å². The van der Waals surface area contributed by atoms with Crippen LogP contribution in [-0.2, 0) is 4.79 Å². The van der Waals surface area contributed by atoms with E-state index in [2.05, 4.69) is 16.3 Å². The second kappa shape index (κ2) is 6.58.